The van der Waals surface area contributed by atoms with Crippen LogP contribution in [0.5, 0.6) is 17.2 Å². The van der Waals surface area contributed by atoms with Crippen molar-refractivity contribution in [2.75, 3.05) is 14.2 Å². The molecule has 7 heteroatoms. The van der Waals surface area contributed by atoms with E-state index in [1.807, 2.05) is 31.2 Å². The number of methoxy groups -OCH3 is 2. The average molecular weight is 420 g/mol. The van der Waals surface area contributed by atoms with E-state index in [1.165, 1.54) is 0 Å². The first kappa shape index (κ1) is 19.5. The molecule has 0 spiro atoms. The monoisotopic (exact) mass is 420 g/mol. The van der Waals surface area contributed by atoms with Crippen molar-refractivity contribution in [1.29, 1.82) is 0 Å². The van der Waals surface area contributed by atoms with Crippen LogP contribution in [0.25, 0.3) is 11.0 Å². The van der Waals surface area contributed by atoms with E-state index in [-0.39, 0.29) is 17.4 Å². The second-order valence-corrected chi connectivity index (χ2v) is 8.04. The number of benzene rings is 2. The number of hydrogen-bond donors (Lipinski definition) is 2. The highest BCUT2D eigenvalue weighted by Gasteiger charge is 2.30. The van der Waals surface area contributed by atoms with Crippen LogP contribution in [0.4, 0.5) is 0 Å². The van der Waals surface area contributed by atoms with Gasteiger partial charge in [0.15, 0.2) is 0 Å². The van der Waals surface area contributed by atoms with E-state index < -0.39 is 0 Å². The Balaban J connectivity index is 1.57. The van der Waals surface area contributed by atoms with Gasteiger partial charge in [0.1, 0.15) is 22.8 Å². The number of hydrazone groups is 1. The van der Waals surface area contributed by atoms with E-state index in [0.29, 0.717) is 34.9 Å². The minimum absolute atomic E-state index is 0.117. The zero-order chi connectivity index (χ0) is 21.7. The molecule has 2 aromatic carbocycles. The summed E-state index contributed by atoms with van der Waals surface area (Å²) in [5, 5.41) is 16.5. The van der Waals surface area contributed by atoms with Crippen molar-refractivity contribution in [2.24, 2.45) is 5.10 Å². The van der Waals surface area contributed by atoms with Gasteiger partial charge in [0.05, 0.1) is 31.4 Å². The van der Waals surface area contributed by atoms with Crippen LogP contribution in [-0.2, 0) is 12.8 Å². The highest BCUT2D eigenvalue weighted by molar-refractivity contribution is 6.09. The summed E-state index contributed by atoms with van der Waals surface area (Å²) in [4.78, 5) is 12.3. The lowest BCUT2D eigenvalue weighted by atomic mass is 9.92. The lowest BCUT2D eigenvalue weighted by Gasteiger charge is -2.16. The minimum atomic E-state index is -0.295. The highest BCUT2D eigenvalue weighted by Crippen LogP contribution is 2.40. The van der Waals surface area contributed by atoms with Crippen LogP contribution in [0.2, 0.25) is 0 Å². The molecule has 0 fully saturated rings. The van der Waals surface area contributed by atoms with E-state index >= 15 is 0 Å². The molecule has 0 saturated carbocycles. The van der Waals surface area contributed by atoms with Crippen molar-refractivity contribution in [1.82, 2.24) is 5.43 Å². The highest BCUT2D eigenvalue weighted by atomic mass is 16.5. The zero-order valence-electron chi connectivity index (χ0n) is 17.7. The van der Waals surface area contributed by atoms with Crippen LogP contribution in [-0.4, -0.2) is 25.0 Å². The van der Waals surface area contributed by atoms with Gasteiger partial charge in [0, 0.05) is 23.1 Å². The number of hydrogen-bond acceptors (Lipinski definition) is 7. The van der Waals surface area contributed by atoms with Crippen molar-refractivity contribution >= 4 is 16.7 Å². The molecule has 0 bridgehead atoms. The first-order chi connectivity index (χ1) is 15.0. The molecular formula is C24H24N2O5. The Kier molecular flexibility index (Phi) is 4.61. The molecule has 0 unspecified atom stereocenters. The molecule has 1 aliphatic carbocycles. The standard InChI is InChI=1S/C24H24N2O5/c1-12-9-20-22(14-5-4-6-15(14)24(28)31-20)23(27)21(12)18-11-17(25-26-18)16-10-13(29-2)7-8-19(16)30-3/h7-10,17,25,27H,4-6,11H2,1-3H3/t17-/m1/s1. The van der Waals surface area contributed by atoms with E-state index in [4.69, 9.17) is 13.9 Å². The molecule has 0 saturated heterocycles. The zero-order valence-corrected chi connectivity index (χ0v) is 17.7. The second-order valence-electron chi connectivity index (χ2n) is 8.04. The Morgan fingerprint density at radius 1 is 1.16 bits per heavy atom. The van der Waals surface area contributed by atoms with Crippen LogP contribution in [0.3, 0.4) is 0 Å². The van der Waals surface area contributed by atoms with Gasteiger partial charge in [0.25, 0.3) is 0 Å². The molecule has 1 atom stereocenters. The number of aromatic hydroxyl groups is 1. The lowest BCUT2D eigenvalue weighted by Crippen LogP contribution is -2.12. The molecule has 2 aliphatic rings. The normalized spacial score (nSPS) is 17.4. The van der Waals surface area contributed by atoms with Crippen LogP contribution in [0.15, 0.2) is 38.6 Å². The molecule has 3 aromatic rings. The Labute approximate surface area is 179 Å². The molecular weight excluding hydrogens is 396 g/mol. The molecule has 2 heterocycles. The second kappa shape index (κ2) is 7.34. The summed E-state index contributed by atoms with van der Waals surface area (Å²) in [6.45, 7) is 1.89. The molecule has 7 nitrogen and oxygen atoms in total. The average Bonchev–Trinajstić information content (AvgIpc) is 3.43. The third-order valence-electron chi connectivity index (χ3n) is 6.28. The number of phenols is 1. The van der Waals surface area contributed by atoms with E-state index in [0.717, 1.165) is 46.7 Å². The number of nitrogens with zero attached hydrogens (tertiary/aromatic N) is 1. The van der Waals surface area contributed by atoms with Gasteiger partial charge in [-0.2, -0.15) is 5.10 Å². The molecule has 5 rings (SSSR count). The maximum atomic E-state index is 12.3. The number of aryl methyl sites for hydroxylation is 2. The summed E-state index contributed by atoms with van der Waals surface area (Å²) in [5.74, 6) is 1.62. The third-order valence-corrected chi connectivity index (χ3v) is 6.28. The Morgan fingerprint density at radius 3 is 2.74 bits per heavy atom. The summed E-state index contributed by atoms with van der Waals surface area (Å²) >= 11 is 0. The summed E-state index contributed by atoms with van der Waals surface area (Å²) < 4.78 is 16.4. The van der Waals surface area contributed by atoms with Gasteiger partial charge < -0.3 is 24.4 Å². The molecule has 1 aromatic heterocycles. The molecule has 2 N–H and O–H groups in total. The predicted molar refractivity (Wildman–Crippen MR) is 117 cm³/mol. The van der Waals surface area contributed by atoms with Crippen molar-refractivity contribution in [3.63, 3.8) is 0 Å². The van der Waals surface area contributed by atoms with Gasteiger partial charge in [-0.3, -0.25) is 0 Å². The summed E-state index contributed by atoms with van der Waals surface area (Å²) in [6, 6.07) is 7.37. The van der Waals surface area contributed by atoms with Crippen molar-refractivity contribution in [3.8, 4) is 17.2 Å². The predicted octanol–water partition coefficient (Wildman–Crippen LogP) is 3.75. The molecule has 0 amide bonds. The van der Waals surface area contributed by atoms with Gasteiger partial charge in [0.2, 0.25) is 0 Å². The topological polar surface area (TPSA) is 93.3 Å². The van der Waals surface area contributed by atoms with E-state index in [1.54, 1.807) is 14.2 Å². The van der Waals surface area contributed by atoms with Crippen molar-refractivity contribution in [3.05, 3.63) is 62.5 Å². The van der Waals surface area contributed by atoms with Gasteiger partial charge in [-0.25, -0.2) is 4.79 Å². The molecule has 31 heavy (non-hydrogen) atoms. The van der Waals surface area contributed by atoms with Gasteiger partial charge >= 0.3 is 5.63 Å². The number of phenolic OH excluding ortho intramolecular Hbond substituents is 1. The number of ether oxygens (including phenoxy) is 2. The van der Waals surface area contributed by atoms with E-state index in [2.05, 4.69) is 10.5 Å². The Bertz CT molecular complexity index is 1290. The Morgan fingerprint density at radius 2 is 1.97 bits per heavy atom. The van der Waals surface area contributed by atoms with Gasteiger partial charge in [-0.15, -0.1) is 0 Å². The maximum Gasteiger partial charge on any atom is 0.339 e. The number of rotatable bonds is 4. The van der Waals surface area contributed by atoms with Crippen molar-refractivity contribution in [2.45, 2.75) is 38.6 Å². The van der Waals surface area contributed by atoms with Crippen LogP contribution < -0.4 is 20.5 Å². The first-order valence-corrected chi connectivity index (χ1v) is 10.4. The smallest absolute Gasteiger partial charge is 0.339 e. The largest absolute Gasteiger partial charge is 0.506 e. The quantitative estimate of drug-likeness (QED) is 0.625. The number of nitrogens with one attached hydrogen (secondary N) is 1. The van der Waals surface area contributed by atoms with E-state index in [9.17, 15) is 9.90 Å². The number of fused-ring (bicyclic) bond motifs is 3. The SMILES string of the molecule is COc1ccc(OC)c([C@H]2CC(c3c(C)cc4oc(=O)c5c(c4c3O)CCC5)=NN2)c1. The van der Waals surface area contributed by atoms with Gasteiger partial charge in [-0.05, 0) is 61.6 Å². The first-order valence-electron chi connectivity index (χ1n) is 10.4. The summed E-state index contributed by atoms with van der Waals surface area (Å²) in [7, 11) is 3.26. The maximum absolute atomic E-state index is 12.3. The third kappa shape index (κ3) is 3.03. The van der Waals surface area contributed by atoms with Crippen molar-refractivity contribution < 1.29 is 19.0 Å². The summed E-state index contributed by atoms with van der Waals surface area (Å²) in [6.07, 6.45) is 2.92. The van der Waals surface area contributed by atoms with Crippen LogP contribution in [0.1, 0.15) is 46.7 Å². The fourth-order valence-corrected chi connectivity index (χ4v) is 4.80. The van der Waals surface area contributed by atoms with Crippen LogP contribution >= 0.6 is 0 Å². The Hall–Kier alpha value is -3.48. The molecule has 160 valence electrons. The molecule has 0 radical (unpaired) electrons. The minimum Gasteiger partial charge on any atom is -0.506 e. The van der Waals surface area contributed by atoms with Gasteiger partial charge in [-0.1, -0.05) is 0 Å². The lowest BCUT2D eigenvalue weighted by molar-refractivity contribution is 0.392. The van der Waals surface area contributed by atoms with Crippen LogP contribution in [0, 0.1) is 6.92 Å². The molecule has 1 aliphatic heterocycles. The summed E-state index contributed by atoms with van der Waals surface area (Å²) in [5.41, 5.74) is 8.09. The fourth-order valence-electron chi connectivity index (χ4n) is 4.80. The fraction of sp³-hybridized carbons (Fsp3) is 0.333.